The summed E-state index contributed by atoms with van der Waals surface area (Å²) in [5.74, 6) is 0.731. The van der Waals surface area contributed by atoms with Crippen LogP contribution in [0.3, 0.4) is 0 Å². The van der Waals surface area contributed by atoms with Crippen molar-refractivity contribution in [3.8, 4) is 17.2 Å². The Morgan fingerprint density at radius 3 is 2.61 bits per heavy atom. The minimum absolute atomic E-state index is 0.177. The summed E-state index contributed by atoms with van der Waals surface area (Å²) in [4.78, 5) is 4.38. The van der Waals surface area contributed by atoms with E-state index in [9.17, 15) is 5.11 Å². The Morgan fingerprint density at radius 1 is 1.11 bits per heavy atom. The van der Waals surface area contributed by atoms with Crippen LogP contribution in [-0.4, -0.2) is 17.1 Å². The normalized spacial score (nSPS) is 10.7. The molecule has 0 unspecified atom stereocenters. The lowest BCUT2D eigenvalue weighted by atomic mass is 10.2. The Bertz CT molecular complexity index is 687. The molecule has 0 saturated heterocycles. The number of nitrogens with one attached hydrogen (secondary N) is 1. The van der Waals surface area contributed by atoms with Gasteiger partial charge in [0.1, 0.15) is 11.3 Å². The summed E-state index contributed by atoms with van der Waals surface area (Å²) >= 11 is 0. The predicted octanol–water partition coefficient (Wildman–Crippen LogP) is 3.24. The highest BCUT2D eigenvalue weighted by Gasteiger charge is 2.08. The molecule has 0 aliphatic heterocycles. The Hall–Kier alpha value is -2.49. The van der Waals surface area contributed by atoms with Gasteiger partial charge in [0, 0.05) is 24.4 Å². The van der Waals surface area contributed by atoms with E-state index in [0.717, 1.165) is 16.8 Å². The van der Waals surface area contributed by atoms with Gasteiger partial charge >= 0.3 is 0 Å². The zero-order chi connectivity index (χ0) is 12.5. The molecule has 0 aliphatic rings. The van der Waals surface area contributed by atoms with Crippen molar-refractivity contribution in [1.29, 1.82) is 0 Å². The van der Waals surface area contributed by atoms with Crippen LogP contribution in [0.5, 0.6) is 5.75 Å². The molecule has 0 saturated carbocycles. The van der Waals surface area contributed by atoms with Gasteiger partial charge in [-0.25, -0.2) is 4.98 Å². The van der Waals surface area contributed by atoms with Crippen LogP contribution in [0.2, 0.25) is 0 Å². The van der Waals surface area contributed by atoms with Gasteiger partial charge in [0.2, 0.25) is 5.89 Å². The summed E-state index contributed by atoms with van der Waals surface area (Å²) in [6.07, 6.45) is 0. The zero-order valence-corrected chi connectivity index (χ0v) is 9.84. The highest BCUT2D eigenvalue weighted by atomic mass is 16.3. The van der Waals surface area contributed by atoms with E-state index in [1.807, 2.05) is 31.3 Å². The summed E-state index contributed by atoms with van der Waals surface area (Å²) in [5.41, 5.74) is 3.26. The number of aromatic hydroxyl groups is 1. The topological polar surface area (TPSA) is 58.3 Å². The third-order valence-electron chi connectivity index (χ3n) is 2.79. The third-order valence-corrected chi connectivity index (χ3v) is 2.79. The Labute approximate surface area is 104 Å². The highest BCUT2D eigenvalue weighted by Crippen LogP contribution is 2.27. The van der Waals surface area contributed by atoms with Crippen molar-refractivity contribution < 1.29 is 9.52 Å². The Kier molecular flexibility index (Phi) is 2.41. The number of rotatable bonds is 2. The van der Waals surface area contributed by atoms with E-state index < -0.39 is 0 Å². The Balaban J connectivity index is 2.07. The fourth-order valence-electron chi connectivity index (χ4n) is 1.82. The zero-order valence-electron chi connectivity index (χ0n) is 9.84. The van der Waals surface area contributed by atoms with Crippen LogP contribution in [0.25, 0.3) is 22.6 Å². The number of nitrogens with zero attached hydrogens (tertiary/aromatic N) is 1. The minimum atomic E-state index is 0.177. The number of hydrogen-bond donors (Lipinski definition) is 2. The van der Waals surface area contributed by atoms with Crippen LogP contribution in [0.4, 0.5) is 5.69 Å². The number of phenolic OH excluding ortho intramolecular Hbond substituents is 1. The van der Waals surface area contributed by atoms with Gasteiger partial charge in [-0.1, -0.05) is 0 Å². The first-order valence-corrected chi connectivity index (χ1v) is 5.64. The minimum Gasteiger partial charge on any atom is -0.508 e. The fraction of sp³-hybridized carbons (Fsp3) is 0.0714. The molecule has 3 aromatic rings. The summed E-state index contributed by atoms with van der Waals surface area (Å²) in [7, 11) is 1.87. The molecule has 18 heavy (non-hydrogen) atoms. The second-order valence-corrected chi connectivity index (χ2v) is 4.00. The van der Waals surface area contributed by atoms with Crippen LogP contribution in [-0.2, 0) is 0 Å². The maximum Gasteiger partial charge on any atom is 0.227 e. The van der Waals surface area contributed by atoms with Crippen LogP contribution in [0.1, 0.15) is 0 Å². The van der Waals surface area contributed by atoms with E-state index in [1.54, 1.807) is 18.2 Å². The van der Waals surface area contributed by atoms with Gasteiger partial charge in [-0.15, -0.1) is 0 Å². The van der Waals surface area contributed by atoms with Crippen LogP contribution in [0.15, 0.2) is 46.9 Å². The molecule has 1 aromatic heterocycles. The standard InChI is InChI=1S/C14H12N2O2/c1-15-10-4-2-9(3-5-10)14-16-12-7-6-11(17)8-13(12)18-14/h2-8,15,17H,1H3. The lowest BCUT2D eigenvalue weighted by Crippen LogP contribution is -1.86. The molecule has 0 fully saturated rings. The first-order chi connectivity index (χ1) is 8.76. The number of benzene rings is 2. The molecule has 3 rings (SSSR count). The van der Waals surface area contributed by atoms with Gasteiger partial charge in [-0.05, 0) is 36.4 Å². The third kappa shape index (κ3) is 1.78. The predicted molar refractivity (Wildman–Crippen MR) is 70.7 cm³/mol. The van der Waals surface area contributed by atoms with Crippen molar-refractivity contribution in [3.05, 3.63) is 42.5 Å². The van der Waals surface area contributed by atoms with Crippen molar-refractivity contribution in [2.24, 2.45) is 0 Å². The lowest BCUT2D eigenvalue weighted by Gasteiger charge is -1.99. The molecule has 2 N–H and O–H groups in total. The van der Waals surface area contributed by atoms with Crippen molar-refractivity contribution in [2.75, 3.05) is 12.4 Å². The number of oxazole rings is 1. The highest BCUT2D eigenvalue weighted by molar-refractivity contribution is 5.77. The molecule has 2 aromatic carbocycles. The average molecular weight is 240 g/mol. The van der Waals surface area contributed by atoms with E-state index in [1.165, 1.54) is 0 Å². The number of fused-ring (bicyclic) bond motifs is 1. The molecule has 0 atom stereocenters. The van der Waals surface area contributed by atoms with Crippen molar-refractivity contribution in [1.82, 2.24) is 4.98 Å². The molecule has 1 heterocycles. The molecular weight excluding hydrogens is 228 g/mol. The van der Waals surface area contributed by atoms with Gasteiger partial charge in [0.15, 0.2) is 5.58 Å². The number of anilines is 1. The molecule has 0 radical (unpaired) electrons. The summed E-state index contributed by atoms with van der Waals surface area (Å²) in [6.45, 7) is 0. The van der Waals surface area contributed by atoms with Crippen LogP contribution in [0, 0.1) is 0 Å². The first-order valence-electron chi connectivity index (χ1n) is 5.64. The molecule has 4 nitrogen and oxygen atoms in total. The summed E-state index contributed by atoms with van der Waals surface area (Å²) in [5, 5.41) is 12.4. The van der Waals surface area contributed by atoms with Gasteiger partial charge in [0.25, 0.3) is 0 Å². The van der Waals surface area contributed by atoms with E-state index in [2.05, 4.69) is 10.3 Å². The second-order valence-electron chi connectivity index (χ2n) is 4.00. The van der Waals surface area contributed by atoms with Gasteiger partial charge in [-0.3, -0.25) is 0 Å². The maximum atomic E-state index is 9.38. The smallest absolute Gasteiger partial charge is 0.227 e. The monoisotopic (exact) mass is 240 g/mol. The van der Waals surface area contributed by atoms with E-state index in [4.69, 9.17) is 4.42 Å². The van der Waals surface area contributed by atoms with Crippen molar-refractivity contribution in [3.63, 3.8) is 0 Å². The molecule has 0 aliphatic carbocycles. The van der Waals surface area contributed by atoms with Crippen LogP contribution < -0.4 is 5.32 Å². The number of hydrogen-bond acceptors (Lipinski definition) is 4. The quantitative estimate of drug-likeness (QED) is 0.722. The number of aromatic nitrogens is 1. The van der Waals surface area contributed by atoms with Gasteiger partial charge < -0.3 is 14.8 Å². The Morgan fingerprint density at radius 2 is 1.89 bits per heavy atom. The number of phenols is 1. The SMILES string of the molecule is CNc1ccc(-c2nc3ccc(O)cc3o2)cc1. The van der Waals surface area contributed by atoms with Gasteiger partial charge in [0.05, 0.1) is 0 Å². The second kappa shape index (κ2) is 4.07. The fourth-order valence-corrected chi connectivity index (χ4v) is 1.82. The molecule has 90 valence electrons. The maximum absolute atomic E-state index is 9.38. The molecule has 0 bridgehead atoms. The van der Waals surface area contributed by atoms with Crippen LogP contribution >= 0.6 is 0 Å². The van der Waals surface area contributed by atoms with Gasteiger partial charge in [-0.2, -0.15) is 0 Å². The first kappa shape index (κ1) is 10.7. The summed E-state index contributed by atoms with van der Waals surface area (Å²) < 4.78 is 5.62. The summed E-state index contributed by atoms with van der Waals surface area (Å²) in [6, 6.07) is 12.7. The molecule has 4 heteroatoms. The molecule has 0 spiro atoms. The van der Waals surface area contributed by atoms with Crippen molar-refractivity contribution >= 4 is 16.8 Å². The van der Waals surface area contributed by atoms with E-state index in [0.29, 0.717) is 11.5 Å². The largest absolute Gasteiger partial charge is 0.508 e. The molecule has 0 amide bonds. The van der Waals surface area contributed by atoms with Crippen molar-refractivity contribution in [2.45, 2.75) is 0 Å². The lowest BCUT2D eigenvalue weighted by molar-refractivity contribution is 0.474. The van der Waals surface area contributed by atoms with E-state index in [-0.39, 0.29) is 5.75 Å². The molecular formula is C14H12N2O2. The average Bonchev–Trinajstić information content (AvgIpc) is 2.81. The van der Waals surface area contributed by atoms with E-state index >= 15 is 0 Å².